The fourth-order valence-electron chi connectivity index (χ4n) is 9.77. The predicted molar refractivity (Wildman–Crippen MR) is 99.1 cm³/mol. The van der Waals surface area contributed by atoms with Crippen molar-refractivity contribution in [2.24, 2.45) is 63.1 Å². The minimum absolute atomic E-state index is 0.583. The Morgan fingerprint density at radius 2 is 1.43 bits per heavy atom. The van der Waals surface area contributed by atoms with Gasteiger partial charge in [0.25, 0.3) is 0 Å². The molecule has 4 saturated carbocycles. The zero-order chi connectivity index (χ0) is 17.2. The molecule has 10 atom stereocenters. The molecule has 4 fully saturated rings. The second kappa shape index (κ2) is 4.21. The van der Waals surface area contributed by atoms with Crippen molar-refractivity contribution in [1.82, 2.24) is 0 Å². The second-order valence-corrected chi connectivity index (χ2v) is 11.2. The first kappa shape index (κ1) is 16.5. The maximum atomic E-state index is 2.71. The van der Waals surface area contributed by atoms with Crippen LogP contribution in [0.15, 0.2) is 0 Å². The van der Waals surface area contributed by atoms with E-state index in [-0.39, 0.29) is 0 Å². The quantitative estimate of drug-likeness (QED) is 0.544. The summed E-state index contributed by atoms with van der Waals surface area (Å²) in [4.78, 5) is 0. The van der Waals surface area contributed by atoms with Gasteiger partial charge in [-0.15, -0.1) is 0 Å². The fourth-order valence-corrected chi connectivity index (χ4v) is 9.77. The Morgan fingerprint density at radius 3 is 1.96 bits per heavy atom. The lowest BCUT2D eigenvalue weighted by Crippen LogP contribution is -2.95. The molecule has 0 aromatic heterocycles. The van der Waals surface area contributed by atoms with E-state index in [0.717, 1.165) is 41.4 Å². The van der Waals surface area contributed by atoms with Crippen molar-refractivity contribution in [3.8, 4) is 0 Å². The summed E-state index contributed by atoms with van der Waals surface area (Å²) in [7, 11) is 0. The molecule has 0 heterocycles. The van der Waals surface area contributed by atoms with E-state index in [1.807, 2.05) is 0 Å². The zero-order valence-corrected chi connectivity index (χ0v) is 17.2. The van der Waals surface area contributed by atoms with Gasteiger partial charge in [0.15, 0.2) is 0 Å². The Bertz CT molecular complexity index is 534. The number of rotatable bonds is 4. The number of fused-ring (bicyclic) bond motifs is 7. The molecule has 0 radical (unpaired) electrons. The highest BCUT2D eigenvalue weighted by Gasteiger charge is 2.95. The van der Waals surface area contributed by atoms with Crippen molar-refractivity contribution in [1.29, 1.82) is 0 Å². The van der Waals surface area contributed by atoms with Crippen LogP contribution in [0.1, 0.15) is 81.6 Å². The Kier molecular flexibility index (Phi) is 3.01. The van der Waals surface area contributed by atoms with Crippen LogP contribution in [0.25, 0.3) is 0 Å². The van der Waals surface area contributed by atoms with E-state index < -0.39 is 0 Å². The van der Waals surface area contributed by atoms with Gasteiger partial charge in [-0.1, -0.05) is 68.7 Å². The van der Waals surface area contributed by atoms with Crippen molar-refractivity contribution in [3.63, 3.8) is 0 Å². The van der Waals surface area contributed by atoms with Crippen LogP contribution >= 0.6 is 0 Å². The molecule has 4 aliphatic rings. The first-order valence-corrected chi connectivity index (χ1v) is 10.5. The van der Waals surface area contributed by atoms with E-state index in [1.54, 1.807) is 0 Å². The van der Waals surface area contributed by atoms with E-state index in [9.17, 15) is 0 Å². The van der Waals surface area contributed by atoms with Gasteiger partial charge < -0.3 is 0 Å². The SMILES string of the molecule is CCC1(C)C(C)C2C3C4C(CCC(C)C)C(C)C4(C)C3(C)C21C. The van der Waals surface area contributed by atoms with Crippen LogP contribution in [-0.4, -0.2) is 0 Å². The predicted octanol–water partition coefficient (Wildman–Crippen LogP) is 6.65. The monoisotopic (exact) mass is 316 g/mol. The first-order chi connectivity index (χ1) is 10.5. The van der Waals surface area contributed by atoms with Crippen molar-refractivity contribution >= 4 is 0 Å². The van der Waals surface area contributed by atoms with Gasteiger partial charge in [0.05, 0.1) is 0 Å². The van der Waals surface area contributed by atoms with Crippen LogP contribution in [0.5, 0.6) is 0 Å². The minimum atomic E-state index is 0.583. The molecule has 0 heteroatoms. The van der Waals surface area contributed by atoms with Gasteiger partial charge in [-0.3, -0.25) is 0 Å². The Balaban J connectivity index is 1.63. The third kappa shape index (κ3) is 1.22. The summed E-state index contributed by atoms with van der Waals surface area (Å²) in [5.41, 5.74) is 2.46. The second-order valence-electron chi connectivity index (χ2n) is 11.2. The lowest BCUT2D eigenvalue weighted by atomic mass is 9.05. The van der Waals surface area contributed by atoms with Crippen LogP contribution in [0.4, 0.5) is 0 Å². The maximum Gasteiger partial charge on any atom is -0.0170 e. The Labute approximate surface area is 145 Å². The summed E-state index contributed by atoms with van der Waals surface area (Å²) in [5.74, 6) is 6.95. The third-order valence-corrected chi connectivity index (χ3v) is 11.6. The lowest BCUT2D eigenvalue weighted by molar-refractivity contribution is -0.526. The fraction of sp³-hybridized carbons (Fsp3) is 1.00. The maximum absolute atomic E-state index is 2.71. The van der Waals surface area contributed by atoms with E-state index in [1.165, 1.54) is 19.3 Å². The Hall–Kier alpha value is 0. The molecule has 4 aliphatic carbocycles. The molecular formula is C23H40. The van der Waals surface area contributed by atoms with Gasteiger partial charge in [-0.25, -0.2) is 0 Å². The summed E-state index contributed by atoms with van der Waals surface area (Å²) >= 11 is 0. The highest BCUT2D eigenvalue weighted by molar-refractivity contribution is 5.42. The number of hydrogen-bond donors (Lipinski definition) is 0. The van der Waals surface area contributed by atoms with E-state index in [2.05, 4.69) is 62.3 Å². The summed E-state index contributed by atoms with van der Waals surface area (Å²) < 4.78 is 0. The molecule has 23 heavy (non-hydrogen) atoms. The van der Waals surface area contributed by atoms with Gasteiger partial charge >= 0.3 is 0 Å². The molecule has 0 nitrogen and oxygen atoms in total. The molecule has 0 aromatic rings. The standard InChI is InChI=1S/C23H40/c1-10-20(6)15(5)17-19-18-16(12-11-13(2)3)14(4)21(18,7)23(19,9)22(17,20)8/h13-19H,10-12H2,1-9H3. The van der Waals surface area contributed by atoms with Crippen molar-refractivity contribution < 1.29 is 0 Å². The average molecular weight is 317 g/mol. The summed E-state index contributed by atoms with van der Waals surface area (Å²) in [6, 6.07) is 0. The summed E-state index contributed by atoms with van der Waals surface area (Å²) in [6.45, 7) is 23.1. The first-order valence-electron chi connectivity index (χ1n) is 10.5. The van der Waals surface area contributed by atoms with Crippen LogP contribution in [0.2, 0.25) is 0 Å². The molecule has 0 aliphatic heterocycles. The van der Waals surface area contributed by atoms with Gasteiger partial charge in [-0.05, 0) is 75.9 Å². The van der Waals surface area contributed by atoms with Gasteiger partial charge in [0, 0.05) is 0 Å². The lowest BCUT2D eigenvalue weighted by Gasteiger charge is -2.99. The van der Waals surface area contributed by atoms with Crippen LogP contribution < -0.4 is 0 Å². The highest BCUT2D eigenvalue weighted by atomic mass is 15.0. The van der Waals surface area contributed by atoms with Crippen LogP contribution in [0.3, 0.4) is 0 Å². The van der Waals surface area contributed by atoms with E-state index in [4.69, 9.17) is 0 Å². The zero-order valence-electron chi connectivity index (χ0n) is 17.2. The molecule has 132 valence electrons. The third-order valence-electron chi connectivity index (χ3n) is 11.6. The van der Waals surface area contributed by atoms with Gasteiger partial charge in [0.2, 0.25) is 0 Å². The topological polar surface area (TPSA) is 0 Å². The molecule has 0 amide bonds. The van der Waals surface area contributed by atoms with Gasteiger partial charge in [0.1, 0.15) is 0 Å². The normalized spacial score (nSPS) is 65.5. The van der Waals surface area contributed by atoms with Gasteiger partial charge in [-0.2, -0.15) is 0 Å². The summed E-state index contributed by atoms with van der Waals surface area (Å²) in [6.07, 6.45) is 4.30. The van der Waals surface area contributed by atoms with Crippen molar-refractivity contribution in [3.05, 3.63) is 0 Å². The largest absolute Gasteiger partial charge is 0.0648 e. The van der Waals surface area contributed by atoms with Crippen molar-refractivity contribution in [2.45, 2.75) is 81.6 Å². The number of hydrogen-bond acceptors (Lipinski definition) is 0. The van der Waals surface area contributed by atoms with E-state index in [0.29, 0.717) is 21.7 Å². The van der Waals surface area contributed by atoms with Crippen LogP contribution in [-0.2, 0) is 0 Å². The van der Waals surface area contributed by atoms with Crippen molar-refractivity contribution in [2.75, 3.05) is 0 Å². The molecular weight excluding hydrogens is 276 g/mol. The molecule has 0 saturated heterocycles. The highest BCUT2D eigenvalue weighted by Crippen LogP contribution is 2.99. The molecule has 4 rings (SSSR count). The Morgan fingerprint density at radius 1 is 0.826 bits per heavy atom. The minimum Gasteiger partial charge on any atom is -0.0648 e. The van der Waals surface area contributed by atoms with Crippen LogP contribution in [0, 0.1) is 63.1 Å². The van der Waals surface area contributed by atoms with E-state index >= 15 is 0 Å². The summed E-state index contributed by atoms with van der Waals surface area (Å²) in [5, 5.41) is 0. The molecule has 0 N–H and O–H groups in total. The molecule has 0 aromatic carbocycles. The average Bonchev–Trinajstić information content (AvgIpc) is 2.52. The molecule has 0 spiro atoms. The smallest absolute Gasteiger partial charge is 0.0170 e. The molecule has 10 unspecified atom stereocenters. The molecule has 0 bridgehead atoms.